The molecule has 1 aliphatic heterocycles. The van der Waals surface area contributed by atoms with Crippen LogP contribution < -0.4 is 14.8 Å². The first-order valence-corrected chi connectivity index (χ1v) is 10.6. The highest BCUT2D eigenvalue weighted by atomic mass is 19.1. The molecule has 1 unspecified atom stereocenters. The maximum Gasteiger partial charge on any atom is 0.131 e. The highest BCUT2D eigenvalue weighted by Crippen LogP contribution is 2.42. The number of morpholine rings is 1. The highest BCUT2D eigenvalue weighted by Gasteiger charge is 2.42. The van der Waals surface area contributed by atoms with Crippen LogP contribution in [0, 0.1) is 5.82 Å². The summed E-state index contributed by atoms with van der Waals surface area (Å²) < 4.78 is 37.2. The van der Waals surface area contributed by atoms with Crippen LogP contribution in [-0.2, 0) is 15.1 Å². The number of benzene rings is 2. The SMILES string of the molecule is COCCCC[C@@](O)(c1cccc(F)c1-c1cc(OC)cc(OC)c1)C1CNCCO1. The lowest BCUT2D eigenvalue weighted by atomic mass is 9.79. The van der Waals surface area contributed by atoms with Gasteiger partial charge in [-0.3, -0.25) is 0 Å². The van der Waals surface area contributed by atoms with Gasteiger partial charge < -0.3 is 29.4 Å². The molecule has 0 amide bonds. The Morgan fingerprint density at radius 2 is 1.87 bits per heavy atom. The Kier molecular flexibility index (Phi) is 8.26. The van der Waals surface area contributed by atoms with E-state index in [1.165, 1.54) is 6.07 Å². The zero-order valence-corrected chi connectivity index (χ0v) is 18.4. The van der Waals surface area contributed by atoms with Crippen LogP contribution in [0.5, 0.6) is 11.5 Å². The molecule has 0 aliphatic carbocycles. The van der Waals surface area contributed by atoms with Crippen molar-refractivity contribution in [2.45, 2.75) is 31.0 Å². The van der Waals surface area contributed by atoms with Crippen molar-refractivity contribution in [3.05, 3.63) is 47.8 Å². The van der Waals surface area contributed by atoms with E-state index in [1.807, 2.05) is 0 Å². The topological polar surface area (TPSA) is 69.2 Å². The van der Waals surface area contributed by atoms with Crippen LogP contribution in [0.3, 0.4) is 0 Å². The standard InChI is InChI=1S/C24H32FNO5/c1-28-11-5-4-9-24(27,22-16-26-10-12-31-22)20-7-6-8-21(25)23(20)17-13-18(29-2)15-19(14-17)30-3/h6-8,13-15,22,26-27H,4-5,9-12,16H2,1-3H3/t22?,24-/m1/s1. The van der Waals surface area contributed by atoms with Gasteiger partial charge in [0, 0.05) is 38.4 Å². The molecule has 2 aromatic carbocycles. The first kappa shape index (κ1) is 23.5. The normalized spacial score (nSPS) is 18.4. The Bertz CT molecular complexity index is 834. The molecule has 2 N–H and O–H groups in total. The van der Waals surface area contributed by atoms with Gasteiger partial charge >= 0.3 is 0 Å². The molecule has 1 saturated heterocycles. The van der Waals surface area contributed by atoms with Crippen LogP contribution in [0.4, 0.5) is 4.39 Å². The monoisotopic (exact) mass is 433 g/mol. The number of halogens is 1. The second-order valence-corrected chi connectivity index (χ2v) is 7.70. The lowest BCUT2D eigenvalue weighted by molar-refractivity contribution is -0.129. The summed E-state index contributed by atoms with van der Waals surface area (Å²) in [5.74, 6) is 0.664. The van der Waals surface area contributed by atoms with Crippen molar-refractivity contribution < 1.29 is 28.4 Å². The van der Waals surface area contributed by atoms with Gasteiger partial charge in [-0.1, -0.05) is 12.1 Å². The molecule has 1 aliphatic rings. The fraction of sp³-hybridized carbons (Fsp3) is 0.500. The van der Waals surface area contributed by atoms with E-state index in [0.717, 1.165) is 13.0 Å². The predicted molar refractivity (Wildman–Crippen MR) is 117 cm³/mol. The van der Waals surface area contributed by atoms with Crippen LogP contribution in [0.25, 0.3) is 11.1 Å². The van der Waals surface area contributed by atoms with Crippen molar-refractivity contribution in [1.82, 2.24) is 5.32 Å². The number of hydrogen-bond donors (Lipinski definition) is 2. The van der Waals surface area contributed by atoms with E-state index in [1.54, 1.807) is 51.7 Å². The quantitative estimate of drug-likeness (QED) is 0.559. The summed E-state index contributed by atoms with van der Waals surface area (Å²) in [6.07, 6.45) is 1.41. The number of hydrogen-bond acceptors (Lipinski definition) is 6. The molecule has 31 heavy (non-hydrogen) atoms. The molecule has 1 fully saturated rings. The van der Waals surface area contributed by atoms with Gasteiger partial charge in [0.25, 0.3) is 0 Å². The lowest BCUT2D eigenvalue weighted by Crippen LogP contribution is -2.51. The minimum absolute atomic E-state index is 0.322. The predicted octanol–water partition coefficient (Wildman–Crippen LogP) is 3.50. The third-order valence-corrected chi connectivity index (χ3v) is 5.74. The van der Waals surface area contributed by atoms with Crippen LogP contribution in [0.15, 0.2) is 36.4 Å². The number of nitrogens with one attached hydrogen (secondary N) is 1. The van der Waals surface area contributed by atoms with Gasteiger partial charge in [0.1, 0.15) is 29.0 Å². The van der Waals surface area contributed by atoms with Gasteiger partial charge in [-0.05, 0) is 48.6 Å². The van der Waals surface area contributed by atoms with Crippen molar-refractivity contribution in [2.24, 2.45) is 0 Å². The summed E-state index contributed by atoms with van der Waals surface area (Å²) in [7, 11) is 4.75. The molecule has 0 saturated carbocycles. The molecule has 2 atom stereocenters. The van der Waals surface area contributed by atoms with Crippen LogP contribution in [0.2, 0.25) is 0 Å². The molecule has 6 nitrogen and oxygen atoms in total. The van der Waals surface area contributed by atoms with Gasteiger partial charge in [-0.15, -0.1) is 0 Å². The number of rotatable bonds is 10. The Morgan fingerprint density at radius 3 is 2.48 bits per heavy atom. The zero-order chi connectivity index (χ0) is 22.3. The number of unbranched alkanes of at least 4 members (excludes halogenated alkanes) is 1. The molecule has 0 spiro atoms. The van der Waals surface area contributed by atoms with E-state index in [4.69, 9.17) is 18.9 Å². The summed E-state index contributed by atoms with van der Waals surface area (Å²) >= 11 is 0. The second-order valence-electron chi connectivity index (χ2n) is 7.70. The number of ether oxygens (including phenoxy) is 4. The largest absolute Gasteiger partial charge is 0.497 e. The van der Waals surface area contributed by atoms with Gasteiger partial charge in [0.05, 0.1) is 20.8 Å². The maximum atomic E-state index is 15.3. The summed E-state index contributed by atoms with van der Waals surface area (Å²) in [5.41, 5.74) is 0.00923. The van der Waals surface area contributed by atoms with Gasteiger partial charge in [-0.2, -0.15) is 0 Å². The average Bonchev–Trinajstić information content (AvgIpc) is 2.81. The summed E-state index contributed by atoms with van der Waals surface area (Å²) in [6, 6.07) is 10.0. The average molecular weight is 434 g/mol. The third kappa shape index (κ3) is 5.36. The Morgan fingerprint density at radius 1 is 1.13 bits per heavy atom. The first-order valence-electron chi connectivity index (χ1n) is 10.6. The van der Waals surface area contributed by atoms with Crippen molar-refractivity contribution >= 4 is 0 Å². The second kappa shape index (κ2) is 10.9. The summed E-state index contributed by atoms with van der Waals surface area (Å²) in [5, 5.41) is 15.3. The smallest absolute Gasteiger partial charge is 0.131 e. The van der Waals surface area contributed by atoms with Crippen LogP contribution >= 0.6 is 0 Å². The maximum absolute atomic E-state index is 15.3. The Hall–Kier alpha value is -2.19. The molecular weight excluding hydrogens is 401 g/mol. The first-order chi connectivity index (χ1) is 15.0. The van der Waals surface area contributed by atoms with E-state index in [2.05, 4.69) is 5.32 Å². The van der Waals surface area contributed by atoms with Crippen molar-refractivity contribution in [3.63, 3.8) is 0 Å². The van der Waals surface area contributed by atoms with Crippen LogP contribution in [-0.4, -0.2) is 58.8 Å². The van der Waals surface area contributed by atoms with E-state index in [0.29, 0.717) is 60.8 Å². The van der Waals surface area contributed by atoms with Gasteiger partial charge in [0.2, 0.25) is 0 Å². The summed E-state index contributed by atoms with van der Waals surface area (Å²) in [4.78, 5) is 0. The molecule has 170 valence electrons. The number of aliphatic hydroxyl groups is 1. The van der Waals surface area contributed by atoms with E-state index < -0.39 is 17.5 Å². The zero-order valence-electron chi connectivity index (χ0n) is 18.4. The Labute approximate surface area is 183 Å². The Balaban J connectivity index is 2.11. The van der Waals surface area contributed by atoms with Crippen molar-refractivity contribution in [2.75, 3.05) is 47.6 Å². The molecule has 0 aromatic heterocycles. The molecule has 7 heteroatoms. The molecule has 1 heterocycles. The third-order valence-electron chi connectivity index (χ3n) is 5.74. The summed E-state index contributed by atoms with van der Waals surface area (Å²) in [6.45, 7) is 2.29. The van der Waals surface area contributed by atoms with E-state index in [-0.39, 0.29) is 0 Å². The van der Waals surface area contributed by atoms with Gasteiger partial charge in [-0.25, -0.2) is 4.39 Å². The van der Waals surface area contributed by atoms with Gasteiger partial charge in [0.15, 0.2) is 0 Å². The van der Waals surface area contributed by atoms with Crippen molar-refractivity contribution in [3.8, 4) is 22.6 Å². The fourth-order valence-corrected chi connectivity index (χ4v) is 4.11. The highest BCUT2D eigenvalue weighted by molar-refractivity contribution is 5.72. The minimum atomic E-state index is -1.38. The lowest BCUT2D eigenvalue weighted by Gasteiger charge is -2.40. The molecule has 0 radical (unpaired) electrons. The number of methoxy groups -OCH3 is 3. The molecule has 3 rings (SSSR count). The minimum Gasteiger partial charge on any atom is -0.497 e. The molecule has 0 bridgehead atoms. The van der Waals surface area contributed by atoms with Crippen LogP contribution in [0.1, 0.15) is 24.8 Å². The van der Waals surface area contributed by atoms with E-state index >= 15 is 4.39 Å². The molecule has 2 aromatic rings. The van der Waals surface area contributed by atoms with Crippen molar-refractivity contribution in [1.29, 1.82) is 0 Å². The van der Waals surface area contributed by atoms with E-state index in [9.17, 15) is 5.11 Å². The fourth-order valence-electron chi connectivity index (χ4n) is 4.11. The molecular formula is C24H32FNO5.